The van der Waals surface area contributed by atoms with Gasteiger partial charge in [0.15, 0.2) is 5.25 Å². The van der Waals surface area contributed by atoms with Crippen molar-refractivity contribution in [2.75, 3.05) is 0 Å². The molecule has 0 aromatic heterocycles. The van der Waals surface area contributed by atoms with Crippen LogP contribution in [-0.4, -0.2) is 13.7 Å². The number of rotatable bonds is 6. The molecule has 0 fully saturated rings. The molecule has 0 aliphatic heterocycles. The van der Waals surface area contributed by atoms with Gasteiger partial charge in [-0.15, -0.1) is 0 Å². The summed E-state index contributed by atoms with van der Waals surface area (Å²) in [7, 11) is -3.59. The Morgan fingerprint density at radius 3 is 2.28 bits per heavy atom. The molecule has 0 saturated carbocycles. The van der Waals surface area contributed by atoms with E-state index < -0.39 is 15.3 Å². The van der Waals surface area contributed by atoms with Crippen molar-refractivity contribution >= 4 is 10.0 Å². The summed E-state index contributed by atoms with van der Waals surface area (Å²) in [6.45, 7) is 3.60. The van der Waals surface area contributed by atoms with Crippen LogP contribution in [0.25, 0.3) is 0 Å². The fraction of sp³-hybridized carbons (Fsp3) is 0.462. The predicted octanol–water partition coefficient (Wildman–Crippen LogP) is 2.36. The molecule has 1 aromatic rings. The summed E-state index contributed by atoms with van der Waals surface area (Å²) in [4.78, 5) is 0. The molecule has 5 heteroatoms. The number of sulfonamides is 1. The molecule has 1 N–H and O–H groups in total. The van der Waals surface area contributed by atoms with Gasteiger partial charge in [0, 0.05) is 6.04 Å². The van der Waals surface area contributed by atoms with Gasteiger partial charge in [0.1, 0.15) is 0 Å². The van der Waals surface area contributed by atoms with Crippen molar-refractivity contribution in [3.05, 3.63) is 35.9 Å². The van der Waals surface area contributed by atoms with Gasteiger partial charge in [0.05, 0.1) is 6.07 Å². The van der Waals surface area contributed by atoms with Crippen LogP contribution < -0.4 is 4.72 Å². The second kappa shape index (κ2) is 6.53. The van der Waals surface area contributed by atoms with Gasteiger partial charge in [-0.1, -0.05) is 44.2 Å². The highest BCUT2D eigenvalue weighted by atomic mass is 32.2. The van der Waals surface area contributed by atoms with E-state index in [0.717, 1.165) is 5.56 Å². The first-order valence-electron chi connectivity index (χ1n) is 6.00. The quantitative estimate of drug-likeness (QED) is 0.859. The highest BCUT2D eigenvalue weighted by Crippen LogP contribution is 2.18. The van der Waals surface area contributed by atoms with Gasteiger partial charge >= 0.3 is 0 Å². The molecule has 2 atom stereocenters. The SMILES string of the molecule is CCC(NS(=O)(=O)C(C#N)CC)c1ccccc1. The minimum absolute atomic E-state index is 0.279. The predicted molar refractivity (Wildman–Crippen MR) is 71.2 cm³/mol. The molecular formula is C13H18N2O2S. The molecule has 0 bridgehead atoms. The van der Waals surface area contributed by atoms with Crippen molar-refractivity contribution in [3.8, 4) is 6.07 Å². The zero-order chi connectivity index (χ0) is 13.6. The van der Waals surface area contributed by atoms with Crippen molar-refractivity contribution < 1.29 is 8.42 Å². The number of nitrogens with zero attached hydrogens (tertiary/aromatic N) is 1. The van der Waals surface area contributed by atoms with Crippen molar-refractivity contribution in [1.29, 1.82) is 5.26 Å². The van der Waals surface area contributed by atoms with E-state index in [-0.39, 0.29) is 12.5 Å². The van der Waals surface area contributed by atoms with Crippen LogP contribution in [0.15, 0.2) is 30.3 Å². The number of nitriles is 1. The van der Waals surface area contributed by atoms with E-state index in [1.807, 2.05) is 43.3 Å². The summed E-state index contributed by atoms with van der Waals surface area (Å²) in [5, 5.41) is 7.86. The van der Waals surface area contributed by atoms with E-state index >= 15 is 0 Å². The Bertz CT molecular complexity index is 506. The van der Waals surface area contributed by atoms with Crippen LogP contribution >= 0.6 is 0 Å². The third-order valence-electron chi connectivity index (χ3n) is 2.81. The van der Waals surface area contributed by atoms with Crippen molar-refractivity contribution in [2.45, 2.75) is 38.0 Å². The second-order valence-electron chi connectivity index (χ2n) is 4.06. The molecule has 1 rings (SSSR count). The zero-order valence-electron chi connectivity index (χ0n) is 10.6. The van der Waals surface area contributed by atoms with E-state index in [0.29, 0.717) is 6.42 Å². The molecular weight excluding hydrogens is 248 g/mol. The lowest BCUT2D eigenvalue weighted by molar-refractivity contribution is 0.542. The highest BCUT2D eigenvalue weighted by molar-refractivity contribution is 7.90. The van der Waals surface area contributed by atoms with Gasteiger partial charge in [-0.3, -0.25) is 0 Å². The molecule has 0 aliphatic rings. The van der Waals surface area contributed by atoms with Crippen molar-refractivity contribution in [1.82, 2.24) is 4.72 Å². The van der Waals surface area contributed by atoms with Gasteiger partial charge in [0.2, 0.25) is 10.0 Å². The molecule has 18 heavy (non-hydrogen) atoms. The summed E-state index contributed by atoms with van der Waals surface area (Å²) in [5.74, 6) is 0. The average molecular weight is 266 g/mol. The zero-order valence-corrected chi connectivity index (χ0v) is 11.4. The Hall–Kier alpha value is -1.38. The van der Waals surface area contributed by atoms with Crippen molar-refractivity contribution in [2.24, 2.45) is 0 Å². The Morgan fingerprint density at radius 1 is 1.22 bits per heavy atom. The molecule has 0 amide bonds. The summed E-state index contributed by atoms with van der Waals surface area (Å²) in [6, 6.07) is 10.9. The second-order valence-corrected chi connectivity index (χ2v) is 5.96. The molecule has 0 heterocycles. The molecule has 0 spiro atoms. The first kappa shape index (κ1) is 14.7. The molecule has 0 saturated heterocycles. The molecule has 2 unspecified atom stereocenters. The van der Waals surface area contributed by atoms with E-state index in [1.165, 1.54) is 0 Å². The van der Waals surface area contributed by atoms with Crippen LogP contribution in [0.3, 0.4) is 0 Å². The minimum atomic E-state index is -3.59. The third-order valence-corrected chi connectivity index (χ3v) is 4.61. The normalized spacial score (nSPS) is 14.7. The average Bonchev–Trinajstić information content (AvgIpc) is 2.38. The van der Waals surface area contributed by atoms with E-state index in [4.69, 9.17) is 5.26 Å². The smallest absolute Gasteiger partial charge is 0.211 e. The summed E-state index contributed by atoms with van der Waals surface area (Å²) < 4.78 is 26.6. The molecule has 0 aliphatic carbocycles. The fourth-order valence-electron chi connectivity index (χ4n) is 1.73. The largest absolute Gasteiger partial charge is 0.228 e. The Kier molecular flexibility index (Phi) is 5.32. The molecule has 0 radical (unpaired) electrons. The maximum absolute atomic E-state index is 12.0. The first-order chi connectivity index (χ1) is 8.55. The van der Waals surface area contributed by atoms with Gasteiger partial charge < -0.3 is 0 Å². The number of benzene rings is 1. The summed E-state index contributed by atoms with van der Waals surface area (Å²) in [6.07, 6.45) is 0.933. The van der Waals surface area contributed by atoms with Crippen molar-refractivity contribution in [3.63, 3.8) is 0 Å². The number of hydrogen-bond donors (Lipinski definition) is 1. The van der Waals surface area contributed by atoms with E-state index in [9.17, 15) is 8.42 Å². The lowest BCUT2D eigenvalue weighted by Gasteiger charge is -2.19. The van der Waals surface area contributed by atoms with Gasteiger partial charge in [-0.25, -0.2) is 13.1 Å². The van der Waals surface area contributed by atoms with E-state index in [2.05, 4.69) is 4.72 Å². The van der Waals surface area contributed by atoms with Gasteiger partial charge in [-0.2, -0.15) is 5.26 Å². The standard InChI is InChI=1S/C13H18N2O2S/c1-3-12(10-14)18(16,17)15-13(4-2)11-8-6-5-7-9-11/h5-9,12-13,15H,3-4H2,1-2H3. The highest BCUT2D eigenvalue weighted by Gasteiger charge is 2.26. The topological polar surface area (TPSA) is 70.0 Å². The first-order valence-corrected chi connectivity index (χ1v) is 7.55. The van der Waals surface area contributed by atoms with Crippen LogP contribution in [0, 0.1) is 11.3 Å². The van der Waals surface area contributed by atoms with Crippen LogP contribution in [0.1, 0.15) is 38.3 Å². The molecule has 1 aromatic carbocycles. The van der Waals surface area contributed by atoms with Crippen LogP contribution in [0.5, 0.6) is 0 Å². The van der Waals surface area contributed by atoms with E-state index in [1.54, 1.807) is 6.92 Å². The Balaban J connectivity index is 2.92. The lowest BCUT2D eigenvalue weighted by atomic mass is 10.1. The fourth-order valence-corrected chi connectivity index (χ4v) is 3.17. The molecule has 98 valence electrons. The number of hydrogen-bond acceptors (Lipinski definition) is 3. The monoisotopic (exact) mass is 266 g/mol. The third kappa shape index (κ3) is 3.56. The van der Waals surface area contributed by atoms with Gasteiger partial charge in [-0.05, 0) is 18.4 Å². The molecule has 4 nitrogen and oxygen atoms in total. The Labute approximate surface area is 109 Å². The minimum Gasteiger partial charge on any atom is -0.211 e. The Morgan fingerprint density at radius 2 is 1.83 bits per heavy atom. The van der Waals surface area contributed by atoms with Gasteiger partial charge in [0.25, 0.3) is 0 Å². The maximum Gasteiger partial charge on any atom is 0.228 e. The summed E-state index contributed by atoms with van der Waals surface area (Å²) >= 11 is 0. The maximum atomic E-state index is 12.0. The summed E-state index contributed by atoms with van der Waals surface area (Å²) in [5.41, 5.74) is 0.913. The number of nitrogens with one attached hydrogen (secondary N) is 1. The van der Waals surface area contributed by atoms with Crippen LogP contribution in [0.4, 0.5) is 0 Å². The van der Waals surface area contributed by atoms with Crippen LogP contribution in [-0.2, 0) is 10.0 Å². The lowest BCUT2D eigenvalue weighted by Crippen LogP contribution is -2.35. The van der Waals surface area contributed by atoms with Crippen LogP contribution in [0.2, 0.25) is 0 Å².